The molecule has 4 heterocycles. The van der Waals surface area contributed by atoms with E-state index in [1.807, 2.05) is 19.2 Å². The molecule has 0 aliphatic carbocycles. The van der Waals surface area contributed by atoms with E-state index >= 15 is 0 Å². The van der Waals surface area contributed by atoms with Crippen LogP contribution in [0.15, 0.2) is 24.4 Å². The van der Waals surface area contributed by atoms with Crippen LogP contribution >= 0.6 is 0 Å². The molecule has 0 unspecified atom stereocenters. The predicted octanol–water partition coefficient (Wildman–Crippen LogP) is 2.79. The summed E-state index contributed by atoms with van der Waals surface area (Å²) in [7, 11) is 0. The average Bonchev–Trinajstić information content (AvgIpc) is 3.22. The number of nitrogens with zero attached hydrogens (tertiary/aromatic N) is 4. The first kappa shape index (κ1) is 16.0. The SMILES string of the molecule is Cc1cc(Nc2cc(N3CCCCC3)c3cc[nH]c3n2)nn1CCO. The molecular formula is C18H24N6O. The minimum Gasteiger partial charge on any atom is -0.394 e. The van der Waals surface area contributed by atoms with Gasteiger partial charge < -0.3 is 20.3 Å². The zero-order valence-corrected chi connectivity index (χ0v) is 14.5. The summed E-state index contributed by atoms with van der Waals surface area (Å²) in [6.07, 6.45) is 5.73. The molecule has 0 amide bonds. The van der Waals surface area contributed by atoms with Crippen molar-refractivity contribution in [2.45, 2.75) is 32.7 Å². The highest BCUT2D eigenvalue weighted by molar-refractivity contribution is 5.92. The van der Waals surface area contributed by atoms with Gasteiger partial charge in [-0.1, -0.05) is 0 Å². The monoisotopic (exact) mass is 340 g/mol. The van der Waals surface area contributed by atoms with Crippen LogP contribution in [0.3, 0.4) is 0 Å². The van der Waals surface area contributed by atoms with E-state index in [0.29, 0.717) is 6.54 Å². The smallest absolute Gasteiger partial charge is 0.153 e. The van der Waals surface area contributed by atoms with Gasteiger partial charge in [0, 0.05) is 42.5 Å². The number of nitrogens with one attached hydrogen (secondary N) is 2. The van der Waals surface area contributed by atoms with Crippen LogP contribution in [0.5, 0.6) is 0 Å². The molecule has 4 rings (SSSR count). The van der Waals surface area contributed by atoms with Gasteiger partial charge >= 0.3 is 0 Å². The second-order valence-corrected chi connectivity index (χ2v) is 6.56. The second kappa shape index (κ2) is 6.76. The minimum absolute atomic E-state index is 0.0771. The van der Waals surface area contributed by atoms with Crippen molar-refractivity contribution in [2.24, 2.45) is 0 Å². The predicted molar refractivity (Wildman–Crippen MR) is 99.5 cm³/mol. The molecule has 25 heavy (non-hydrogen) atoms. The van der Waals surface area contributed by atoms with Crippen LogP contribution in [0, 0.1) is 6.92 Å². The maximum atomic E-state index is 9.12. The molecule has 0 atom stereocenters. The molecular weight excluding hydrogens is 316 g/mol. The van der Waals surface area contributed by atoms with Crippen molar-refractivity contribution in [1.82, 2.24) is 19.7 Å². The number of fused-ring (bicyclic) bond motifs is 1. The molecule has 1 fully saturated rings. The summed E-state index contributed by atoms with van der Waals surface area (Å²) in [6.45, 7) is 4.74. The van der Waals surface area contributed by atoms with E-state index in [1.54, 1.807) is 4.68 Å². The highest BCUT2D eigenvalue weighted by Crippen LogP contribution is 2.31. The lowest BCUT2D eigenvalue weighted by Crippen LogP contribution is -2.29. The highest BCUT2D eigenvalue weighted by Gasteiger charge is 2.16. The minimum atomic E-state index is 0.0771. The van der Waals surface area contributed by atoms with Gasteiger partial charge in [0.2, 0.25) is 0 Å². The van der Waals surface area contributed by atoms with Crippen LogP contribution < -0.4 is 10.2 Å². The number of anilines is 3. The number of H-pyrrole nitrogens is 1. The second-order valence-electron chi connectivity index (χ2n) is 6.56. The molecule has 0 spiro atoms. The first-order valence-electron chi connectivity index (χ1n) is 8.90. The molecule has 7 nitrogen and oxygen atoms in total. The standard InChI is InChI=1S/C18H24N6O/c1-13-11-17(22-24(13)9-10-25)20-16-12-15(23-7-3-2-4-8-23)14-5-6-19-18(14)21-16/h5-6,11-12,25H,2-4,7-10H2,1H3,(H2,19,20,21,22). The normalized spacial score (nSPS) is 15.0. The first-order chi connectivity index (χ1) is 12.2. The number of hydrogen-bond acceptors (Lipinski definition) is 5. The lowest BCUT2D eigenvalue weighted by atomic mass is 10.1. The van der Waals surface area contributed by atoms with Gasteiger partial charge in [0.1, 0.15) is 11.5 Å². The number of pyridine rings is 1. The van der Waals surface area contributed by atoms with Crippen molar-refractivity contribution in [3.8, 4) is 0 Å². The topological polar surface area (TPSA) is 82.0 Å². The molecule has 0 bridgehead atoms. The number of aryl methyl sites for hydroxylation is 1. The Morgan fingerprint density at radius 3 is 2.84 bits per heavy atom. The van der Waals surface area contributed by atoms with Crippen LogP contribution in [0.1, 0.15) is 25.0 Å². The van der Waals surface area contributed by atoms with Crippen LogP contribution in [0.2, 0.25) is 0 Å². The number of aromatic nitrogens is 4. The maximum Gasteiger partial charge on any atom is 0.153 e. The average molecular weight is 340 g/mol. The van der Waals surface area contributed by atoms with Gasteiger partial charge in [-0.25, -0.2) is 4.98 Å². The Kier molecular flexibility index (Phi) is 4.31. The molecule has 3 aromatic rings. The number of aromatic amines is 1. The molecule has 1 aliphatic rings. The molecule has 0 radical (unpaired) electrons. The Balaban J connectivity index is 1.66. The van der Waals surface area contributed by atoms with Crippen LogP contribution in [0.4, 0.5) is 17.3 Å². The lowest BCUT2D eigenvalue weighted by Gasteiger charge is -2.29. The molecule has 0 saturated carbocycles. The zero-order valence-electron chi connectivity index (χ0n) is 14.5. The summed E-state index contributed by atoms with van der Waals surface area (Å²) in [5.41, 5.74) is 3.12. The van der Waals surface area contributed by atoms with Crippen LogP contribution in [-0.2, 0) is 6.54 Å². The molecule has 3 N–H and O–H groups in total. The van der Waals surface area contributed by atoms with Crippen molar-refractivity contribution in [3.63, 3.8) is 0 Å². The van der Waals surface area contributed by atoms with Gasteiger partial charge in [-0.05, 0) is 32.3 Å². The van der Waals surface area contributed by atoms with Gasteiger partial charge in [-0.2, -0.15) is 5.10 Å². The van der Waals surface area contributed by atoms with E-state index in [-0.39, 0.29) is 6.61 Å². The van der Waals surface area contributed by atoms with Crippen molar-refractivity contribution in [3.05, 3.63) is 30.1 Å². The Morgan fingerprint density at radius 2 is 2.04 bits per heavy atom. The lowest BCUT2D eigenvalue weighted by molar-refractivity contribution is 0.268. The molecule has 132 valence electrons. The Hall–Kier alpha value is -2.54. The summed E-state index contributed by atoms with van der Waals surface area (Å²) < 4.78 is 1.79. The number of aliphatic hydroxyl groups excluding tert-OH is 1. The maximum absolute atomic E-state index is 9.12. The Bertz CT molecular complexity index is 862. The van der Waals surface area contributed by atoms with E-state index in [2.05, 4.69) is 37.4 Å². The largest absolute Gasteiger partial charge is 0.394 e. The molecule has 0 aromatic carbocycles. The highest BCUT2D eigenvalue weighted by atomic mass is 16.3. The summed E-state index contributed by atoms with van der Waals surface area (Å²) in [5, 5.41) is 18.1. The van der Waals surface area contributed by atoms with Crippen molar-refractivity contribution < 1.29 is 5.11 Å². The van der Waals surface area contributed by atoms with Gasteiger partial charge in [0.15, 0.2) is 5.82 Å². The van der Waals surface area contributed by atoms with Crippen LogP contribution in [0.25, 0.3) is 11.0 Å². The van der Waals surface area contributed by atoms with Gasteiger partial charge in [-0.15, -0.1) is 0 Å². The Labute approximate surface area is 146 Å². The molecule has 1 aliphatic heterocycles. The summed E-state index contributed by atoms with van der Waals surface area (Å²) >= 11 is 0. The van der Waals surface area contributed by atoms with E-state index in [4.69, 9.17) is 5.11 Å². The van der Waals surface area contributed by atoms with E-state index in [0.717, 1.165) is 41.5 Å². The molecule has 3 aromatic heterocycles. The van der Waals surface area contributed by atoms with Crippen LogP contribution in [-0.4, -0.2) is 44.6 Å². The zero-order chi connectivity index (χ0) is 17.2. The van der Waals surface area contributed by atoms with Gasteiger partial charge in [-0.3, -0.25) is 4.68 Å². The third-order valence-corrected chi connectivity index (χ3v) is 4.75. The van der Waals surface area contributed by atoms with Crippen molar-refractivity contribution in [2.75, 3.05) is 29.9 Å². The number of rotatable bonds is 5. The summed E-state index contributed by atoms with van der Waals surface area (Å²) in [5.74, 6) is 1.53. The summed E-state index contributed by atoms with van der Waals surface area (Å²) in [4.78, 5) is 10.4. The summed E-state index contributed by atoms with van der Waals surface area (Å²) in [6, 6.07) is 6.18. The third-order valence-electron chi connectivity index (χ3n) is 4.75. The number of aliphatic hydroxyl groups is 1. The van der Waals surface area contributed by atoms with Crippen molar-refractivity contribution >= 4 is 28.4 Å². The first-order valence-corrected chi connectivity index (χ1v) is 8.90. The fourth-order valence-electron chi connectivity index (χ4n) is 3.50. The van der Waals surface area contributed by atoms with Gasteiger partial charge in [0.05, 0.1) is 18.8 Å². The van der Waals surface area contributed by atoms with E-state index in [9.17, 15) is 0 Å². The third kappa shape index (κ3) is 3.19. The number of piperidine rings is 1. The molecule has 7 heteroatoms. The van der Waals surface area contributed by atoms with E-state index < -0.39 is 0 Å². The fraction of sp³-hybridized carbons (Fsp3) is 0.444. The fourth-order valence-corrected chi connectivity index (χ4v) is 3.50. The quantitative estimate of drug-likeness (QED) is 0.665. The van der Waals surface area contributed by atoms with Gasteiger partial charge in [0.25, 0.3) is 0 Å². The van der Waals surface area contributed by atoms with Crippen molar-refractivity contribution in [1.29, 1.82) is 0 Å². The molecule has 1 saturated heterocycles. The number of hydrogen-bond donors (Lipinski definition) is 3. The van der Waals surface area contributed by atoms with E-state index in [1.165, 1.54) is 24.9 Å². The Morgan fingerprint density at radius 1 is 1.20 bits per heavy atom.